The summed E-state index contributed by atoms with van der Waals surface area (Å²) in [4.78, 5) is 14.9. The SMILES string of the molecule is COc1ccccc1C(=O)N1CCCC1CS(=O)(=O)c1ccccc1. The molecule has 0 N–H and O–H groups in total. The van der Waals surface area contributed by atoms with Crippen molar-refractivity contribution in [2.75, 3.05) is 19.4 Å². The van der Waals surface area contributed by atoms with Crippen LogP contribution >= 0.6 is 0 Å². The van der Waals surface area contributed by atoms with Gasteiger partial charge in [-0.25, -0.2) is 8.42 Å². The largest absolute Gasteiger partial charge is 0.496 e. The maximum atomic E-state index is 12.9. The van der Waals surface area contributed by atoms with E-state index in [0.29, 0.717) is 29.2 Å². The van der Waals surface area contributed by atoms with Crippen LogP contribution in [0.5, 0.6) is 5.75 Å². The molecule has 132 valence electrons. The number of nitrogens with zero attached hydrogens (tertiary/aromatic N) is 1. The van der Waals surface area contributed by atoms with Crippen LogP contribution in [0.1, 0.15) is 23.2 Å². The fourth-order valence-electron chi connectivity index (χ4n) is 3.23. The van der Waals surface area contributed by atoms with Gasteiger partial charge in [-0.05, 0) is 37.1 Å². The summed E-state index contributed by atoms with van der Waals surface area (Å²) in [5.41, 5.74) is 0.467. The van der Waals surface area contributed by atoms with E-state index in [1.165, 1.54) is 7.11 Å². The van der Waals surface area contributed by atoms with Gasteiger partial charge in [0.2, 0.25) is 0 Å². The number of carbonyl (C=O) groups is 1. The monoisotopic (exact) mass is 359 g/mol. The molecule has 0 aliphatic carbocycles. The van der Waals surface area contributed by atoms with Gasteiger partial charge >= 0.3 is 0 Å². The molecule has 2 aromatic rings. The van der Waals surface area contributed by atoms with Crippen LogP contribution in [0.25, 0.3) is 0 Å². The number of benzene rings is 2. The first-order chi connectivity index (χ1) is 12.0. The summed E-state index contributed by atoms with van der Waals surface area (Å²) in [6, 6.07) is 15.1. The molecule has 3 rings (SSSR count). The van der Waals surface area contributed by atoms with Gasteiger partial charge in [-0.15, -0.1) is 0 Å². The number of hydrogen-bond donors (Lipinski definition) is 0. The van der Waals surface area contributed by atoms with E-state index in [0.717, 1.165) is 6.42 Å². The van der Waals surface area contributed by atoms with E-state index in [-0.39, 0.29) is 17.7 Å². The summed E-state index contributed by atoms with van der Waals surface area (Å²) in [6.45, 7) is 0.561. The predicted octanol–water partition coefficient (Wildman–Crippen LogP) is 2.77. The molecule has 1 saturated heterocycles. The fraction of sp³-hybridized carbons (Fsp3) is 0.316. The molecule has 0 aromatic heterocycles. The lowest BCUT2D eigenvalue weighted by Crippen LogP contribution is -2.39. The highest BCUT2D eigenvalue weighted by molar-refractivity contribution is 7.91. The molecule has 25 heavy (non-hydrogen) atoms. The molecule has 0 saturated carbocycles. The van der Waals surface area contributed by atoms with Gasteiger partial charge in [0.25, 0.3) is 5.91 Å². The molecule has 6 heteroatoms. The number of hydrogen-bond acceptors (Lipinski definition) is 4. The van der Waals surface area contributed by atoms with Crippen molar-refractivity contribution in [1.82, 2.24) is 4.90 Å². The first-order valence-corrected chi connectivity index (χ1v) is 9.90. The molecule has 1 atom stereocenters. The lowest BCUT2D eigenvalue weighted by Gasteiger charge is -2.25. The zero-order valence-corrected chi connectivity index (χ0v) is 14.9. The molecule has 1 aliphatic rings. The molecular formula is C19H21NO4S. The highest BCUT2D eigenvalue weighted by atomic mass is 32.2. The van der Waals surface area contributed by atoms with Crippen molar-refractivity contribution in [3.63, 3.8) is 0 Å². The standard InChI is InChI=1S/C19H21NO4S/c1-24-18-12-6-5-11-17(18)19(21)20-13-7-8-15(20)14-25(22,23)16-9-3-2-4-10-16/h2-6,9-12,15H,7-8,13-14H2,1H3. The van der Waals surface area contributed by atoms with Gasteiger partial charge in [0, 0.05) is 12.6 Å². The number of carbonyl (C=O) groups excluding carboxylic acids is 1. The molecule has 0 spiro atoms. The van der Waals surface area contributed by atoms with Crippen molar-refractivity contribution < 1.29 is 17.9 Å². The summed E-state index contributed by atoms with van der Waals surface area (Å²) in [5.74, 6) is 0.269. The highest BCUT2D eigenvalue weighted by Crippen LogP contribution is 2.27. The minimum Gasteiger partial charge on any atom is -0.496 e. The van der Waals surface area contributed by atoms with Crippen molar-refractivity contribution in [1.29, 1.82) is 0 Å². The van der Waals surface area contributed by atoms with E-state index in [9.17, 15) is 13.2 Å². The first-order valence-electron chi connectivity index (χ1n) is 8.25. The highest BCUT2D eigenvalue weighted by Gasteiger charge is 2.34. The molecule has 5 nitrogen and oxygen atoms in total. The zero-order chi connectivity index (χ0) is 17.9. The molecule has 1 unspecified atom stereocenters. The molecule has 1 amide bonds. The number of rotatable bonds is 5. The quantitative estimate of drug-likeness (QED) is 0.823. The average molecular weight is 359 g/mol. The molecule has 1 heterocycles. The molecule has 1 fully saturated rings. The third-order valence-electron chi connectivity index (χ3n) is 4.49. The molecule has 0 bridgehead atoms. The summed E-state index contributed by atoms with van der Waals surface area (Å²) in [5, 5.41) is 0. The Hall–Kier alpha value is -2.34. The second-order valence-corrected chi connectivity index (χ2v) is 8.12. The summed E-state index contributed by atoms with van der Waals surface area (Å²) in [6.07, 6.45) is 1.49. The lowest BCUT2D eigenvalue weighted by atomic mass is 10.1. The summed E-state index contributed by atoms with van der Waals surface area (Å²) < 4.78 is 30.6. The van der Waals surface area contributed by atoms with Crippen LogP contribution in [0.2, 0.25) is 0 Å². The van der Waals surface area contributed by atoms with Crippen LogP contribution < -0.4 is 4.74 Å². The van der Waals surface area contributed by atoms with Gasteiger partial charge in [-0.1, -0.05) is 30.3 Å². The minimum absolute atomic E-state index is 0.0576. The van der Waals surface area contributed by atoms with Crippen molar-refractivity contribution in [2.24, 2.45) is 0 Å². The minimum atomic E-state index is -3.43. The summed E-state index contributed by atoms with van der Waals surface area (Å²) >= 11 is 0. The van der Waals surface area contributed by atoms with E-state index in [1.807, 2.05) is 0 Å². The van der Waals surface area contributed by atoms with Crippen molar-refractivity contribution >= 4 is 15.7 Å². The Morgan fingerprint density at radius 1 is 1.12 bits per heavy atom. The van der Waals surface area contributed by atoms with Crippen molar-refractivity contribution in [3.05, 3.63) is 60.2 Å². The van der Waals surface area contributed by atoms with E-state index < -0.39 is 9.84 Å². The second-order valence-electron chi connectivity index (χ2n) is 6.09. The topological polar surface area (TPSA) is 63.7 Å². The number of amides is 1. The van der Waals surface area contributed by atoms with Gasteiger partial charge < -0.3 is 9.64 Å². The zero-order valence-electron chi connectivity index (χ0n) is 14.1. The third-order valence-corrected chi connectivity index (χ3v) is 6.30. The van der Waals surface area contributed by atoms with Gasteiger partial charge in [0.1, 0.15) is 5.75 Å². The number of sulfone groups is 1. The van der Waals surface area contributed by atoms with Gasteiger partial charge in [0.15, 0.2) is 9.84 Å². The normalized spacial score (nSPS) is 17.5. The Morgan fingerprint density at radius 2 is 1.80 bits per heavy atom. The Labute approximate surface area is 148 Å². The molecule has 1 aliphatic heterocycles. The van der Waals surface area contributed by atoms with E-state index in [4.69, 9.17) is 4.74 Å². The van der Waals surface area contributed by atoms with Crippen LogP contribution in [0, 0.1) is 0 Å². The maximum absolute atomic E-state index is 12.9. The van der Waals surface area contributed by atoms with Crippen LogP contribution in [0.15, 0.2) is 59.5 Å². The van der Waals surface area contributed by atoms with Gasteiger partial charge in [-0.2, -0.15) is 0 Å². The smallest absolute Gasteiger partial charge is 0.257 e. The predicted molar refractivity (Wildman–Crippen MR) is 95.5 cm³/mol. The Bertz CT molecular complexity index is 849. The maximum Gasteiger partial charge on any atom is 0.257 e. The molecule has 2 aromatic carbocycles. The Kier molecular flexibility index (Phi) is 5.08. The first kappa shape index (κ1) is 17.5. The fourth-order valence-corrected chi connectivity index (χ4v) is 4.85. The molecular weight excluding hydrogens is 338 g/mol. The average Bonchev–Trinajstić information content (AvgIpc) is 3.09. The van der Waals surface area contributed by atoms with Crippen LogP contribution in [-0.4, -0.2) is 44.7 Å². The van der Waals surface area contributed by atoms with Gasteiger partial charge in [0.05, 0.1) is 23.3 Å². The van der Waals surface area contributed by atoms with Crippen molar-refractivity contribution in [2.45, 2.75) is 23.8 Å². The lowest BCUT2D eigenvalue weighted by molar-refractivity contribution is 0.0746. The third kappa shape index (κ3) is 3.69. The summed E-state index contributed by atoms with van der Waals surface area (Å²) in [7, 11) is -1.91. The van der Waals surface area contributed by atoms with Crippen LogP contribution in [0.4, 0.5) is 0 Å². The number of para-hydroxylation sites is 1. The number of ether oxygens (including phenoxy) is 1. The Morgan fingerprint density at radius 3 is 2.52 bits per heavy atom. The van der Waals surface area contributed by atoms with Gasteiger partial charge in [-0.3, -0.25) is 4.79 Å². The van der Waals surface area contributed by atoms with Crippen LogP contribution in [0.3, 0.4) is 0 Å². The van der Waals surface area contributed by atoms with E-state index >= 15 is 0 Å². The van der Waals surface area contributed by atoms with E-state index in [1.54, 1.807) is 59.5 Å². The van der Waals surface area contributed by atoms with Crippen molar-refractivity contribution in [3.8, 4) is 5.75 Å². The number of methoxy groups -OCH3 is 1. The van der Waals surface area contributed by atoms with E-state index in [2.05, 4.69) is 0 Å². The molecule has 0 radical (unpaired) electrons. The second kappa shape index (κ2) is 7.27. The Balaban J connectivity index is 1.82. The van der Waals surface area contributed by atoms with Crippen LogP contribution in [-0.2, 0) is 9.84 Å². The number of likely N-dealkylation sites (tertiary alicyclic amines) is 1.